The van der Waals surface area contributed by atoms with Gasteiger partial charge in [-0.1, -0.05) is 19.9 Å². The Kier molecular flexibility index (Phi) is 10.5. The number of hydrogen-bond acceptors (Lipinski definition) is 2. The van der Waals surface area contributed by atoms with E-state index in [0.717, 1.165) is 25.5 Å². The maximum absolute atomic E-state index is 4.08. The molecule has 0 aliphatic rings. The van der Waals surface area contributed by atoms with Crippen LogP contribution in [0.3, 0.4) is 0 Å². The summed E-state index contributed by atoms with van der Waals surface area (Å²) < 4.78 is 2.06. The average molecular weight is 251 g/mol. The smallest absolute Gasteiger partial charge is 0.195 e. The van der Waals surface area contributed by atoms with Crippen molar-refractivity contribution < 1.29 is 0 Å². The van der Waals surface area contributed by atoms with Gasteiger partial charge in [0.2, 0.25) is 0 Å². The molecule has 0 amide bonds. The van der Waals surface area contributed by atoms with Crippen molar-refractivity contribution >= 4 is 5.96 Å². The molecule has 0 fully saturated rings. The van der Waals surface area contributed by atoms with Crippen molar-refractivity contribution in [3.05, 3.63) is 31.0 Å². The highest BCUT2D eigenvalue weighted by atomic mass is 15.2. The molecule has 5 nitrogen and oxygen atoms in total. The van der Waals surface area contributed by atoms with Crippen LogP contribution in [0.2, 0.25) is 0 Å². The van der Waals surface area contributed by atoms with E-state index in [2.05, 4.69) is 25.2 Å². The molecule has 0 saturated heterocycles. The van der Waals surface area contributed by atoms with Crippen molar-refractivity contribution in [3.63, 3.8) is 0 Å². The second-order valence-corrected chi connectivity index (χ2v) is 3.30. The molecule has 1 aromatic heterocycles. The fourth-order valence-corrected chi connectivity index (χ4v) is 1.24. The van der Waals surface area contributed by atoms with E-state index < -0.39 is 0 Å². The van der Waals surface area contributed by atoms with E-state index in [1.54, 1.807) is 13.2 Å². The number of hydrogen-bond donors (Lipinski definition) is 2. The van der Waals surface area contributed by atoms with Gasteiger partial charge in [0.15, 0.2) is 5.96 Å². The van der Waals surface area contributed by atoms with Crippen molar-refractivity contribution in [2.24, 2.45) is 4.99 Å². The molecule has 0 unspecified atom stereocenters. The maximum atomic E-state index is 4.08. The molecule has 0 aliphatic heterocycles. The number of allylic oxidation sites excluding steroid dienone is 1. The van der Waals surface area contributed by atoms with Crippen LogP contribution in [-0.2, 0) is 6.54 Å². The summed E-state index contributed by atoms with van der Waals surface area (Å²) >= 11 is 0. The van der Waals surface area contributed by atoms with Crippen LogP contribution in [0.1, 0.15) is 27.2 Å². The minimum Gasteiger partial charge on any atom is -0.356 e. The highest BCUT2D eigenvalue weighted by Gasteiger charge is 1.94. The van der Waals surface area contributed by atoms with Gasteiger partial charge >= 0.3 is 0 Å². The zero-order valence-electron chi connectivity index (χ0n) is 11.8. The Morgan fingerprint density at radius 1 is 1.44 bits per heavy atom. The third kappa shape index (κ3) is 7.49. The number of rotatable bonds is 5. The van der Waals surface area contributed by atoms with Gasteiger partial charge in [-0.15, -0.1) is 0 Å². The molecule has 0 spiro atoms. The zero-order valence-corrected chi connectivity index (χ0v) is 11.8. The molecule has 102 valence electrons. The lowest BCUT2D eigenvalue weighted by molar-refractivity contribution is 0.627. The summed E-state index contributed by atoms with van der Waals surface area (Å²) in [5.74, 6) is 0.795. The molecule has 2 N–H and O–H groups in total. The fraction of sp³-hybridized carbons (Fsp3) is 0.538. The lowest BCUT2D eigenvalue weighted by atomic mass is 10.4. The summed E-state index contributed by atoms with van der Waals surface area (Å²) in [6, 6.07) is 0. The normalized spacial score (nSPS) is 11.0. The van der Waals surface area contributed by atoms with Gasteiger partial charge in [0.1, 0.15) is 0 Å². The second kappa shape index (κ2) is 11.7. The molecular weight excluding hydrogens is 226 g/mol. The summed E-state index contributed by atoms with van der Waals surface area (Å²) in [6.45, 7) is 7.81. The summed E-state index contributed by atoms with van der Waals surface area (Å²) in [4.78, 5) is 8.07. The molecule has 0 aromatic carbocycles. The standard InChI is InChI=1S/C11H19N5.C2H6/c1-3-5-14-11(12-2)15-6-4-8-16-9-7-13-10-16;1-2/h3,5,7,9-10H,4,6,8H2,1-2H3,(H2,12,14,15);1-2H3/b5-3-;. The first-order valence-corrected chi connectivity index (χ1v) is 6.41. The lowest BCUT2D eigenvalue weighted by Crippen LogP contribution is -2.34. The van der Waals surface area contributed by atoms with E-state index in [-0.39, 0.29) is 0 Å². The van der Waals surface area contributed by atoms with Gasteiger partial charge in [-0.2, -0.15) is 0 Å². The van der Waals surface area contributed by atoms with Gasteiger partial charge in [-0.25, -0.2) is 4.98 Å². The molecule has 0 atom stereocenters. The Morgan fingerprint density at radius 3 is 2.78 bits per heavy atom. The van der Waals surface area contributed by atoms with Gasteiger partial charge in [0.25, 0.3) is 0 Å². The zero-order chi connectivity index (χ0) is 13.6. The second-order valence-electron chi connectivity index (χ2n) is 3.30. The minimum atomic E-state index is 0.795. The maximum Gasteiger partial charge on any atom is 0.195 e. The summed E-state index contributed by atoms with van der Waals surface area (Å²) in [6.07, 6.45) is 10.4. The SMILES string of the molecule is C/C=C\NC(=NC)NCCCn1ccnc1.CC. The Morgan fingerprint density at radius 2 is 2.22 bits per heavy atom. The topological polar surface area (TPSA) is 54.2 Å². The Bertz CT molecular complexity index is 327. The Balaban J connectivity index is 0.00000137. The first-order chi connectivity index (χ1) is 8.86. The molecule has 18 heavy (non-hydrogen) atoms. The number of imidazole rings is 1. The van der Waals surface area contributed by atoms with Gasteiger partial charge in [-0.05, 0) is 19.5 Å². The van der Waals surface area contributed by atoms with Gasteiger partial charge in [0.05, 0.1) is 6.33 Å². The molecule has 0 radical (unpaired) electrons. The lowest BCUT2D eigenvalue weighted by Gasteiger charge is -2.08. The van der Waals surface area contributed by atoms with Crippen LogP contribution in [-0.4, -0.2) is 29.1 Å². The highest BCUT2D eigenvalue weighted by Crippen LogP contribution is 1.88. The van der Waals surface area contributed by atoms with E-state index in [1.165, 1.54) is 0 Å². The van der Waals surface area contributed by atoms with Gasteiger partial charge < -0.3 is 15.2 Å². The summed E-state index contributed by atoms with van der Waals surface area (Å²) in [5, 5.41) is 6.27. The van der Waals surface area contributed by atoms with Gasteiger partial charge in [0, 0.05) is 32.5 Å². The Hall–Kier alpha value is -1.78. The third-order valence-corrected chi connectivity index (χ3v) is 2.06. The molecule has 0 saturated carbocycles. The quantitative estimate of drug-likeness (QED) is 0.478. The van der Waals surface area contributed by atoms with Crippen molar-refractivity contribution in [3.8, 4) is 0 Å². The largest absolute Gasteiger partial charge is 0.356 e. The van der Waals surface area contributed by atoms with Crippen LogP contribution < -0.4 is 10.6 Å². The monoisotopic (exact) mass is 251 g/mol. The molecule has 0 bridgehead atoms. The van der Waals surface area contributed by atoms with Crippen molar-refractivity contribution in [1.82, 2.24) is 20.2 Å². The summed E-state index contributed by atoms with van der Waals surface area (Å²) in [5.41, 5.74) is 0. The van der Waals surface area contributed by atoms with Crippen LogP contribution in [0.5, 0.6) is 0 Å². The highest BCUT2D eigenvalue weighted by molar-refractivity contribution is 5.80. The van der Waals surface area contributed by atoms with Crippen LogP contribution in [0.25, 0.3) is 0 Å². The van der Waals surface area contributed by atoms with Crippen LogP contribution in [0, 0.1) is 0 Å². The van der Waals surface area contributed by atoms with E-state index in [9.17, 15) is 0 Å². The van der Waals surface area contributed by atoms with E-state index in [0.29, 0.717) is 0 Å². The van der Waals surface area contributed by atoms with Crippen molar-refractivity contribution in [1.29, 1.82) is 0 Å². The van der Waals surface area contributed by atoms with Crippen LogP contribution in [0.4, 0.5) is 0 Å². The number of aliphatic imine (C=N–C) groups is 1. The number of guanidine groups is 1. The molecule has 1 aromatic rings. The van der Waals surface area contributed by atoms with E-state index >= 15 is 0 Å². The minimum absolute atomic E-state index is 0.795. The first-order valence-electron chi connectivity index (χ1n) is 6.41. The van der Waals surface area contributed by atoms with Gasteiger partial charge in [-0.3, -0.25) is 4.99 Å². The summed E-state index contributed by atoms with van der Waals surface area (Å²) in [7, 11) is 1.76. The molecular formula is C13H25N5. The number of aromatic nitrogens is 2. The fourth-order valence-electron chi connectivity index (χ4n) is 1.24. The predicted molar refractivity (Wildman–Crippen MR) is 77.5 cm³/mol. The third-order valence-electron chi connectivity index (χ3n) is 2.06. The van der Waals surface area contributed by atoms with E-state index in [4.69, 9.17) is 0 Å². The first kappa shape index (κ1) is 16.2. The number of nitrogens with zero attached hydrogens (tertiary/aromatic N) is 3. The number of aryl methyl sites for hydroxylation is 1. The molecule has 5 heteroatoms. The van der Waals surface area contributed by atoms with Crippen LogP contribution in [0.15, 0.2) is 36.0 Å². The van der Waals surface area contributed by atoms with E-state index in [1.807, 2.05) is 45.6 Å². The molecule has 0 aliphatic carbocycles. The molecule has 1 rings (SSSR count). The van der Waals surface area contributed by atoms with Crippen molar-refractivity contribution in [2.75, 3.05) is 13.6 Å². The molecule has 1 heterocycles. The average Bonchev–Trinajstić information content (AvgIpc) is 2.93. The van der Waals surface area contributed by atoms with Crippen LogP contribution >= 0.6 is 0 Å². The number of nitrogens with one attached hydrogen (secondary N) is 2. The Labute approximate surface area is 110 Å². The predicted octanol–water partition coefficient (Wildman–Crippen LogP) is 2.00. The van der Waals surface area contributed by atoms with Crippen molar-refractivity contribution in [2.45, 2.75) is 33.7 Å².